The smallest absolute Gasteiger partial charge is 0.361 e. The van der Waals surface area contributed by atoms with Crippen molar-refractivity contribution in [2.24, 2.45) is 0 Å². The van der Waals surface area contributed by atoms with E-state index in [0.717, 1.165) is 103 Å². The third-order valence-electron chi connectivity index (χ3n) is 14.0. The number of esters is 2. The summed E-state index contributed by atoms with van der Waals surface area (Å²) in [6, 6.07) is 0. The minimum atomic E-state index is -1.52. The Kier molecular flexibility index (Phi) is 58.9. The molecule has 464 valence electrons. The van der Waals surface area contributed by atoms with Gasteiger partial charge in [0.2, 0.25) is 0 Å². The molecule has 0 aromatic rings. The van der Waals surface area contributed by atoms with Crippen LogP contribution in [0.15, 0.2) is 109 Å². The van der Waals surface area contributed by atoms with Crippen LogP contribution in [0.5, 0.6) is 0 Å². The lowest BCUT2D eigenvalue weighted by molar-refractivity contribution is -0.870. The number of unbranched alkanes of at least 4 members (excludes halogenated alkanes) is 27. The van der Waals surface area contributed by atoms with Crippen molar-refractivity contribution < 1.29 is 42.9 Å². The lowest BCUT2D eigenvalue weighted by atomic mass is 10.0. The highest BCUT2D eigenvalue weighted by molar-refractivity contribution is 5.71. The fraction of sp³-hybridized carbons (Fsp3) is 0.708. The highest BCUT2D eigenvalue weighted by atomic mass is 16.7. The third-order valence-corrected chi connectivity index (χ3v) is 14.0. The molecule has 0 fully saturated rings. The standard InChI is InChI=1S/C72H123NO8/c1-6-8-10-12-14-16-18-20-22-24-25-26-27-28-29-30-31-32-33-34-35-36-37-38-39-40-41-42-43-44-45-47-49-51-53-55-57-59-61-63-70(75)81-68(67-80-72(71(76)77)78-65-64-73(3,4)5)66-79-69(74)62-60-58-56-54-52-50-48-46-23-21-19-17-15-13-11-9-7-2/h8,10,14-17,20-23,25-26,28-29,31-32,34-35,68,72H,6-7,9,11-13,18-19,24,27,30,33,36-67H2,1-5H3/p+1/b10-8-,16-14-,17-15-,22-20-,23-21-,26-25-,29-28-,32-31-,35-34-. The van der Waals surface area contributed by atoms with Crippen molar-refractivity contribution in [3.05, 3.63) is 109 Å². The predicted octanol–water partition coefficient (Wildman–Crippen LogP) is 20.2. The van der Waals surface area contributed by atoms with Crippen LogP contribution in [0.1, 0.15) is 271 Å². The summed E-state index contributed by atoms with van der Waals surface area (Å²) < 4.78 is 22.9. The van der Waals surface area contributed by atoms with Gasteiger partial charge in [-0.2, -0.15) is 0 Å². The van der Waals surface area contributed by atoms with E-state index in [-0.39, 0.29) is 32.2 Å². The van der Waals surface area contributed by atoms with Crippen LogP contribution in [0, 0.1) is 0 Å². The fourth-order valence-electron chi connectivity index (χ4n) is 8.97. The number of aliphatic carboxylic acids is 1. The third kappa shape index (κ3) is 63.4. The van der Waals surface area contributed by atoms with Crippen molar-refractivity contribution in [2.75, 3.05) is 47.5 Å². The van der Waals surface area contributed by atoms with E-state index in [4.69, 9.17) is 18.9 Å². The first-order valence-corrected chi connectivity index (χ1v) is 33.1. The monoisotopic (exact) mass is 1130 g/mol. The normalized spacial score (nSPS) is 13.4. The summed E-state index contributed by atoms with van der Waals surface area (Å²) in [5, 5.41) is 9.72. The molecular weight excluding hydrogens is 1010 g/mol. The van der Waals surface area contributed by atoms with E-state index in [0.29, 0.717) is 17.4 Å². The van der Waals surface area contributed by atoms with Gasteiger partial charge in [-0.05, 0) is 103 Å². The van der Waals surface area contributed by atoms with Gasteiger partial charge in [0.25, 0.3) is 6.29 Å². The fourth-order valence-corrected chi connectivity index (χ4v) is 8.97. The summed E-state index contributed by atoms with van der Waals surface area (Å²) in [5.74, 6) is -2.01. The zero-order valence-corrected chi connectivity index (χ0v) is 52.9. The van der Waals surface area contributed by atoms with Crippen LogP contribution in [-0.2, 0) is 33.3 Å². The molecule has 0 bridgehead atoms. The second kappa shape index (κ2) is 62.0. The average Bonchev–Trinajstić information content (AvgIpc) is 3.44. The van der Waals surface area contributed by atoms with Crippen LogP contribution < -0.4 is 0 Å². The first-order chi connectivity index (χ1) is 39.6. The quantitative estimate of drug-likeness (QED) is 0.0211. The van der Waals surface area contributed by atoms with Crippen LogP contribution in [-0.4, -0.2) is 87.4 Å². The zero-order valence-electron chi connectivity index (χ0n) is 52.9. The second-order valence-corrected chi connectivity index (χ2v) is 23.0. The van der Waals surface area contributed by atoms with Crippen molar-refractivity contribution in [3.8, 4) is 0 Å². The van der Waals surface area contributed by atoms with Crippen molar-refractivity contribution in [1.29, 1.82) is 0 Å². The molecule has 0 rings (SSSR count). The first-order valence-electron chi connectivity index (χ1n) is 33.1. The van der Waals surface area contributed by atoms with Gasteiger partial charge in [0.1, 0.15) is 13.2 Å². The molecule has 0 radical (unpaired) electrons. The number of hydrogen-bond acceptors (Lipinski definition) is 7. The first kappa shape index (κ1) is 77.0. The van der Waals surface area contributed by atoms with E-state index < -0.39 is 24.3 Å². The summed E-state index contributed by atoms with van der Waals surface area (Å²) in [5.41, 5.74) is 0. The van der Waals surface area contributed by atoms with Crippen molar-refractivity contribution in [3.63, 3.8) is 0 Å². The van der Waals surface area contributed by atoms with E-state index >= 15 is 0 Å². The predicted molar refractivity (Wildman–Crippen MR) is 345 cm³/mol. The molecule has 9 nitrogen and oxygen atoms in total. The summed E-state index contributed by atoms with van der Waals surface area (Å²) in [6.45, 7) is 4.74. The van der Waals surface area contributed by atoms with E-state index in [1.807, 2.05) is 21.1 Å². The molecule has 0 saturated heterocycles. The highest BCUT2D eigenvalue weighted by Crippen LogP contribution is 2.17. The molecule has 1 N–H and O–H groups in total. The van der Waals surface area contributed by atoms with Crippen LogP contribution in [0.3, 0.4) is 0 Å². The van der Waals surface area contributed by atoms with Crippen LogP contribution in [0.2, 0.25) is 0 Å². The zero-order chi connectivity index (χ0) is 59.1. The van der Waals surface area contributed by atoms with Gasteiger partial charge in [0, 0.05) is 12.8 Å². The Labute approximate surface area is 498 Å². The number of carbonyl (C=O) groups excluding carboxylic acids is 2. The largest absolute Gasteiger partial charge is 0.477 e. The number of quaternary nitrogens is 1. The molecule has 2 unspecified atom stereocenters. The van der Waals surface area contributed by atoms with E-state index in [1.165, 1.54) is 141 Å². The molecule has 81 heavy (non-hydrogen) atoms. The second-order valence-electron chi connectivity index (χ2n) is 23.0. The van der Waals surface area contributed by atoms with Gasteiger partial charge in [-0.1, -0.05) is 264 Å². The number of carbonyl (C=O) groups is 3. The van der Waals surface area contributed by atoms with Gasteiger partial charge in [0.05, 0.1) is 34.4 Å². The molecule has 2 atom stereocenters. The Morgan fingerprint density at radius 2 is 0.704 bits per heavy atom. The number of carboxylic acid groups (broad SMARTS) is 1. The molecule has 0 aromatic carbocycles. The Morgan fingerprint density at radius 3 is 1.05 bits per heavy atom. The van der Waals surface area contributed by atoms with Crippen molar-refractivity contribution in [2.45, 2.75) is 283 Å². The molecular formula is C72H124NO8+. The summed E-state index contributed by atoms with van der Waals surface area (Å²) >= 11 is 0. The summed E-state index contributed by atoms with van der Waals surface area (Å²) in [6.07, 6.45) is 83.3. The molecule has 0 aliphatic rings. The maximum absolute atomic E-state index is 12.9. The van der Waals surface area contributed by atoms with Gasteiger partial charge >= 0.3 is 17.9 Å². The molecule has 0 saturated carbocycles. The Hall–Kier alpha value is -4.05. The van der Waals surface area contributed by atoms with Gasteiger partial charge in [-0.25, -0.2) is 4.79 Å². The Bertz CT molecular complexity index is 1700. The van der Waals surface area contributed by atoms with E-state index in [9.17, 15) is 19.5 Å². The maximum Gasteiger partial charge on any atom is 0.361 e. The van der Waals surface area contributed by atoms with E-state index in [1.54, 1.807) is 0 Å². The molecule has 0 spiro atoms. The summed E-state index contributed by atoms with van der Waals surface area (Å²) in [4.78, 5) is 37.5. The molecule has 0 aliphatic heterocycles. The van der Waals surface area contributed by atoms with Gasteiger partial charge in [-0.15, -0.1) is 0 Å². The maximum atomic E-state index is 12.9. The topological polar surface area (TPSA) is 108 Å². The molecule has 0 aliphatic carbocycles. The molecule has 0 heterocycles. The number of hydrogen-bond donors (Lipinski definition) is 1. The average molecular weight is 1130 g/mol. The summed E-state index contributed by atoms with van der Waals surface area (Å²) in [7, 11) is 5.97. The van der Waals surface area contributed by atoms with Crippen LogP contribution >= 0.6 is 0 Å². The van der Waals surface area contributed by atoms with Gasteiger partial charge < -0.3 is 28.5 Å². The lowest BCUT2D eigenvalue weighted by Crippen LogP contribution is -2.40. The van der Waals surface area contributed by atoms with Crippen LogP contribution in [0.4, 0.5) is 0 Å². The Balaban J connectivity index is 4.07. The number of likely N-dealkylation sites (N-methyl/N-ethyl adjacent to an activating group) is 1. The number of carboxylic acids is 1. The number of nitrogens with zero attached hydrogens (tertiary/aromatic N) is 1. The molecule has 0 amide bonds. The van der Waals surface area contributed by atoms with Crippen molar-refractivity contribution in [1.82, 2.24) is 0 Å². The minimum Gasteiger partial charge on any atom is -0.477 e. The van der Waals surface area contributed by atoms with Crippen LogP contribution in [0.25, 0.3) is 0 Å². The number of rotatable bonds is 60. The van der Waals surface area contributed by atoms with Gasteiger partial charge in [-0.3, -0.25) is 9.59 Å². The van der Waals surface area contributed by atoms with Crippen molar-refractivity contribution >= 4 is 17.9 Å². The number of ether oxygens (including phenoxy) is 4. The molecule has 0 aromatic heterocycles. The Morgan fingerprint density at radius 1 is 0.383 bits per heavy atom. The molecule has 9 heteroatoms. The highest BCUT2D eigenvalue weighted by Gasteiger charge is 2.25. The van der Waals surface area contributed by atoms with E-state index in [2.05, 4.69) is 123 Å². The SMILES string of the molecule is CC/C=C\C/C=C\C/C=C\C/C=C\C/C=C\C/C=C\C/C=C\CCCCCCCCCCCCCCCCCCCC(=O)OC(COC(=O)CCCCCCCCC/C=C\C/C=C\CCCCC)COC(OCC[N+](C)(C)C)C(=O)O. The van der Waals surface area contributed by atoms with Gasteiger partial charge in [0.15, 0.2) is 6.10 Å². The minimum absolute atomic E-state index is 0.183. The lowest BCUT2D eigenvalue weighted by Gasteiger charge is -2.25. The number of allylic oxidation sites excluding steroid dienone is 18.